The third-order valence-electron chi connectivity index (χ3n) is 4.74. The number of carbonyl (C=O) groups is 2. The van der Waals surface area contributed by atoms with Crippen LogP contribution in [0.4, 0.5) is 11.4 Å². The highest BCUT2D eigenvalue weighted by atomic mass is 16.5. The summed E-state index contributed by atoms with van der Waals surface area (Å²) in [6.07, 6.45) is 4.00. The molecule has 0 atom stereocenters. The molecule has 0 bridgehead atoms. The summed E-state index contributed by atoms with van der Waals surface area (Å²) in [6.45, 7) is 0.615. The molecule has 0 aliphatic carbocycles. The van der Waals surface area contributed by atoms with E-state index < -0.39 is 0 Å². The van der Waals surface area contributed by atoms with Crippen LogP contribution in [-0.4, -0.2) is 30.5 Å². The van der Waals surface area contributed by atoms with Gasteiger partial charge in [-0.1, -0.05) is 12.1 Å². The average molecular weight is 373 g/mol. The van der Waals surface area contributed by atoms with Gasteiger partial charge in [0.1, 0.15) is 5.75 Å². The van der Waals surface area contributed by atoms with Crippen LogP contribution in [0.15, 0.2) is 67.0 Å². The molecule has 4 rings (SSSR count). The predicted molar refractivity (Wildman–Crippen MR) is 107 cm³/mol. The minimum atomic E-state index is -0.233. The lowest BCUT2D eigenvalue weighted by atomic mass is 10.1. The second kappa shape index (κ2) is 7.52. The summed E-state index contributed by atoms with van der Waals surface area (Å²) < 4.78 is 5.17. The number of rotatable bonds is 4. The van der Waals surface area contributed by atoms with Gasteiger partial charge in [0.15, 0.2) is 0 Å². The van der Waals surface area contributed by atoms with E-state index in [0.717, 1.165) is 17.7 Å². The maximum atomic E-state index is 12.8. The molecule has 0 unspecified atom stereocenters. The molecular weight excluding hydrogens is 354 g/mol. The van der Waals surface area contributed by atoms with Crippen molar-refractivity contribution >= 4 is 23.2 Å². The number of amides is 2. The van der Waals surface area contributed by atoms with Crippen molar-refractivity contribution in [1.82, 2.24) is 4.98 Å². The van der Waals surface area contributed by atoms with E-state index in [1.54, 1.807) is 60.8 Å². The van der Waals surface area contributed by atoms with Gasteiger partial charge < -0.3 is 15.0 Å². The van der Waals surface area contributed by atoms with Gasteiger partial charge in [-0.05, 0) is 54.4 Å². The van der Waals surface area contributed by atoms with Crippen LogP contribution in [0.2, 0.25) is 0 Å². The van der Waals surface area contributed by atoms with E-state index in [9.17, 15) is 9.59 Å². The van der Waals surface area contributed by atoms with E-state index in [4.69, 9.17) is 4.74 Å². The average Bonchev–Trinajstić information content (AvgIpc) is 3.17. The third-order valence-corrected chi connectivity index (χ3v) is 4.74. The Labute approximate surface area is 162 Å². The molecule has 28 heavy (non-hydrogen) atoms. The van der Waals surface area contributed by atoms with Crippen LogP contribution >= 0.6 is 0 Å². The molecule has 2 aromatic carbocycles. The van der Waals surface area contributed by atoms with Gasteiger partial charge in [0, 0.05) is 41.4 Å². The number of fused-ring (bicyclic) bond motifs is 1. The molecule has 0 saturated heterocycles. The van der Waals surface area contributed by atoms with E-state index in [-0.39, 0.29) is 11.8 Å². The van der Waals surface area contributed by atoms with Gasteiger partial charge in [-0.3, -0.25) is 14.6 Å². The Balaban J connectivity index is 1.57. The number of aromatic nitrogens is 1. The van der Waals surface area contributed by atoms with Crippen LogP contribution in [0.1, 0.15) is 26.3 Å². The number of nitrogens with zero attached hydrogens (tertiary/aromatic N) is 2. The standard InChI is InChI=1S/C22H19N3O3/c1-28-19-4-2-3-17(13-19)21(26)24-18-6-5-15-9-12-25(20(15)14-18)22(27)16-7-10-23-11-8-16/h2-8,10-11,13-14H,9,12H2,1H3,(H,24,26). The van der Waals surface area contributed by atoms with Crippen molar-refractivity contribution < 1.29 is 14.3 Å². The van der Waals surface area contributed by atoms with Crippen LogP contribution < -0.4 is 15.0 Å². The molecule has 0 saturated carbocycles. The molecule has 1 aromatic heterocycles. The minimum Gasteiger partial charge on any atom is -0.497 e. The molecule has 1 aliphatic rings. The lowest BCUT2D eigenvalue weighted by Crippen LogP contribution is -2.28. The number of pyridine rings is 1. The van der Waals surface area contributed by atoms with Crippen molar-refractivity contribution in [3.05, 3.63) is 83.7 Å². The number of ether oxygens (including phenoxy) is 1. The zero-order valence-electron chi connectivity index (χ0n) is 15.4. The monoisotopic (exact) mass is 373 g/mol. The SMILES string of the molecule is COc1cccc(C(=O)Nc2ccc3c(c2)N(C(=O)c2ccncc2)CC3)c1. The van der Waals surface area contributed by atoms with Gasteiger partial charge in [0.2, 0.25) is 0 Å². The fourth-order valence-corrected chi connectivity index (χ4v) is 3.29. The van der Waals surface area contributed by atoms with Gasteiger partial charge in [-0.25, -0.2) is 0 Å². The van der Waals surface area contributed by atoms with Crippen LogP contribution in [0.25, 0.3) is 0 Å². The number of carbonyl (C=O) groups excluding carboxylic acids is 2. The van der Waals surface area contributed by atoms with Crippen molar-refractivity contribution in [3.8, 4) is 5.75 Å². The Bertz CT molecular complexity index is 1030. The molecule has 1 aliphatic heterocycles. The predicted octanol–water partition coefficient (Wildman–Crippen LogP) is 3.55. The summed E-state index contributed by atoms with van der Waals surface area (Å²) in [7, 11) is 1.56. The largest absolute Gasteiger partial charge is 0.497 e. The summed E-state index contributed by atoms with van der Waals surface area (Å²) in [5.41, 5.74) is 3.64. The van der Waals surface area contributed by atoms with Crippen molar-refractivity contribution in [2.24, 2.45) is 0 Å². The first-order valence-corrected chi connectivity index (χ1v) is 8.96. The minimum absolute atomic E-state index is 0.0718. The maximum Gasteiger partial charge on any atom is 0.258 e. The van der Waals surface area contributed by atoms with Gasteiger partial charge in [-0.15, -0.1) is 0 Å². The normalized spacial score (nSPS) is 12.4. The van der Waals surface area contributed by atoms with Crippen LogP contribution in [0, 0.1) is 0 Å². The van der Waals surface area contributed by atoms with Crippen LogP contribution in [0.5, 0.6) is 5.75 Å². The molecular formula is C22H19N3O3. The zero-order valence-corrected chi connectivity index (χ0v) is 15.4. The smallest absolute Gasteiger partial charge is 0.258 e. The fraction of sp³-hybridized carbons (Fsp3) is 0.136. The summed E-state index contributed by atoms with van der Waals surface area (Å²) in [5.74, 6) is 0.317. The summed E-state index contributed by atoms with van der Waals surface area (Å²) in [5, 5.41) is 2.90. The first kappa shape index (κ1) is 17.7. The Kier molecular flexibility index (Phi) is 4.76. The highest BCUT2D eigenvalue weighted by molar-refractivity contribution is 6.08. The molecule has 3 aromatic rings. The Morgan fingerprint density at radius 1 is 1.04 bits per heavy atom. The highest BCUT2D eigenvalue weighted by Gasteiger charge is 2.26. The molecule has 0 fully saturated rings. The molecule has 140 valence electrons. The highest BCUT2D eigenvalue weighted by Crippen LogP contribution is 2.32. The number of nitrogens with one attached hydrogen (secondary N) is 1. The molecule has 1 N–H and O–H groups in total. The molecule has 6 heteroatoms. The summed E-state index contributed by atoms with van der Waals surface area (Å²) in [6, 6.07) is 16.0. The van der Waals surface area contributed by atoms with Crippen LogP contribution in [0.3, 0.4) is 0 Å². The van der Waals surface area contributed by atoms with E-state index in [1.165, 1.54) is 0 Å². The number of hydrogen-bond acceptors (Lipinski definition) is 4. The van der Waals surface area contributed by atoms with Crippen molar-refractivity contribution in [2.75, 3.05) is 23.9 Å². The molecule has 2 heterocycles. The molecule has 0 spiro atoms. The van der Waals surface area contributed by atoms with Crippen LogP contribution in [-0.2, 0) is 6.42 Å². The Hall–Kier alpha value is -3.67. The molecule has 6 nitrogen and oxygen atoms in total. The van der Waals surface area contributed by atoms with Gasteiger partial charge in [-0.2, -0.15) is 0 Å². The van der Waals surface area contributed by atoms with E-state index in [1.807, 2.05) is 18.2 Å². The lowest BCUT2D eigenvalue weighted by Gasteiger charge is -2.18. The quantitative estimate of drug-likeness (QED) is 0.759. The van der Waals surface area contributed by atoms with E-state index in [0.29, 0.717) is 29.1 Å². The summed E-state index contributed by atoms with van der Waals surface area (Å²) >= 11 is 0. The number of anilines is 2. The topological polar surface area (TPSA) is 71.5 Å². The maximum absolute atomic E-state index is 12.8. The van der Waals surface area contributed by atoms with Gasteiger partial charge in [0.25, 0.3) is 11.8 Å². The van der Waals surface area contributed by atoms with Crippen molar-refractivity contribution in [1.29, 1.82) is 0 Å². The second-order valence-electron chi connectivity index (χ2n) is 6.47. The molecule has 0 radical (unpaired) electrons. The fourth-order valence-electron chi connectivity index (χ4n) is 3.29. The van der Waals surface area contributed by atoms with Gasteiger partial charge in [0.05, 0.1) is 7.11 Å². The first-order valence-electron chi connectivity index (χ1n) is 8.96. The number of methoxy groups -OCH3 is 1. The molecule has 2 amide bonds. The van der Waals surface area contributed by atoms with Gasteiger partial charge >= 0.3 is 0 Å². The Morgan fingerprint density at radius 2 is 1.86 bits per heavy atom. The van der Waals surface area contributed by atoms with E-state index in [2.05, 4.69) is 10.3 Å². The van der Waals surface area contributed by atoms with E-state index >= 15 is 0 Å². The van der Waals surface area contributed by atoms with Crippen molar-refractivity contribution in [2.45, 2.75) is 6.42 Å². The number of benzene rings is 2. The number of hydrogen-bond donors (Lipinski definition) is 1. The third kappa shape index (κ3) is 3.44. The van der Waals surface area contributed by atoms with Crippen molar-refractivity contribution in [3.63, 3.8) is 0 Å². The Morgan fingerprint density at radius 3 is 2.64 bits per heavy atom. The lowest BCUT2D eigenvalue weighted by molar-refractivity contribution is 0.0988. The second-order valence-corrected chi connectivity index (χ2v) is 6.47. The summed E-state index contributed by atoms with van der Waals surface area (Å²) in [4.78, 5) is 31.1. The first-order chi connectivity index (χ1) is 13.7. The zero-order chi connectivity index (χ0) is 19.5.